The SMILES string of the molecule is Cc1ccccc1NC(=O)c1ccc(Nc2nc(Nc3ccc(O)cc3)ncc2F)cc1. The number of nitrogens with one attached hydrogen (secondary N) is 3. The Kier molecular flexibility index (Phi) is 5.94. The Morgan fingerprint density at radius 3 is 2.28 bits per heavy atom. The molecule has 0 radical (unpaired) electrons. The lowest BCUT2D eigenvalue weighted by molar-refractivity contribution is 0.102. The van der Waals surface area contributed by atoms with Crippen molar-refractivity contribution in [1.82, 2.24) is 9.97 Å². The van der Waals surface area contributed by atoms with E-state index in [9.17, 15) is 14.3 Å². The number of hydrogen-bond donors (Lipinski definition) is 4. The summed E-state index contributed by atoms with van der Waals surface area (Å²) in [6.45, 7) is 1.92. The molecular weight excluding hydrogens is 409 g/mol. The molecule has 4 aromatic rings. The first-order valence-electron chi connectivity index (χ1n) is 9.80. The van der Waals surface area contributed by atoms with Crippen molar-refractivity contribution in [2.75, 3.05) is 16.0 Å². The van der Waals surface area contributed by atoms with Gasteiger partial charge < -0.3 is 21.1 Å². The molecule has 4 N–H and O–H groups in total. The molecule has 1 amide bonds. The number of amides is 1. The van der Waals surface area contributed by atoms with Gasteiger partial charge in [0, 0.05) is 22.6 Å². The fraction of sp³-hybridized carbons (Fsp3) is 0.0417. The van der Waals surface area contributed by atoms with E-state index in [2.05, 4.69) is 25.9 Å². The van der Waals surface area contributed by atoms with Crippen LogP contribution in [0.25, 0.3) is 0 Å². The van der Waals surface area contributed by atoms with Gasteiger partial charge in [-0.05, 0) is 67.1 Å². The number of aryl methyl sites for hydroxylation is 1. The minimum absolute atomic E-state index is 0.0154. The van der Waals surface area contributed by atoms with Gasteiger partial charge in [-0.1, -0.05) is 18.2 Å². The van der Waals surface area contributed by atoms with Crippen molar-refractivity contribution in [3.05, 3.63) is 95.9 Å². The van der Waals surface area contributed by atoms with Crippen LogP contribution in [0.2, 0.25) is 0 Å². The van der Waals surface area contributed by atoms with Gasteiger partial charge in [-0.25, -0.2) is 9.37 Å². The van der Waals surface area contributed by atoms with E-state index in [0.29, 0.717) is 16.9 Å². The number of anilines is 5. The summed E-state index contributed by atoms with van der Waals surface area (Å²) in [5.74, 6) is -0.553. The van der Waals surface area contributed by atoms with Gasteiger partial charge >= 0.3 is 0 Å². The maximum Gasteiger partial charge on any atom is 0.255 e. The van der Waals surface area contributed by atoms with E-state index >= 15 is 0 Å². The quantitative estimate of drug-likeness (QED) is 0.308. The van der Waals surface area contributed by atoms with Gasteiger partial charge in [0.05, 0.1) is 6.20 Å². The molecule has 0 fully saturated rings. The second-order valence-corrected chi connectivity index (χ2v) is 7.03. The highest BCUT2D eigenvalue weighted by molar-refractivity contribution is 6.04. The molecule has 7 nitrogen and oxygen atoms in total. The number of phenols is 1. The van der Waals surface area contributed by atoms with Crippen molar-refractivity contribution in [3.8, 4) is 5.75 Å². The predicted octanol–water partition coefficient (Wildman–Crippen LogP) is 5.37. The second-order valence-electron chi connectivity index (χ2n) is 7.03. The van der Waals surface area contributed by atoms with Crippen LogP contribution in [0.4, 0.5) is 33.2 Å². The Morgan fingerprint density at radius 1 is 0.906 bits per heavy atom. The number of hydrogen-bond acceptors (Lipinski definition) is 6. The average molecular weight is 429 g/mol. The van der Waals surface area contributed by atoms with Crippen molar-refractivity contribution in [2.45, 2.75) is 6.92 Å². The van der Waals surface area contributed by atoms with Crippen LogP contribution in [0.5, 0.6) is 5.75 Å². The van der Waals surface area contributed by atoms with Crippen LogP contribution >= 0.6 is 0 Å². The van der Waals surface area contributed by atoms with E-state index in [4.69, 9.17) is 0 Å². The average Bonchev–Trinajstić information content (AvgIpc) is 2.79. The van der Waals surface area contributed by atoms with E-state index in [1.54, 1.807) is 36.4 Å². The van der Waals surface area contributed by atoms with Crippen molar-refractivity contribution in [1.29, 1.82) is 0 Å². The van der Waals surface area contributed by atoms with Crippen LogP contribution in [-0.4, -0.2) is 21.0 Å². The molecule has 0 saturated heterocycles. The highest BCUT2D eigenvalue weighted by atomic mass is 19.1. The lowest BCUT2D eigenvalue weighted by Gasteiger charge is -2.11. The Bertz CT molecular complexity index is 1240. The maximum absolute atomic E-state index is 14.2. The molecule has 0 aliphatic heterocycles. The Morgan fingerprint density at radius 2 is 1.56 bits per heavy atom. The number of rotatable bonds is 6. The van der Waals surface area contributed by atoms with Gasteiger partial charge in [-0.15, -0.1) is 0 Å². The zero-order valence-corrected chi connectivity index (χ0v) is 17.1. The fourth-order valence-corrected chi connectivity index (χ4v) is 2.94. The Labute approximate surface area is 184 Å². The van der Waals surface area contributed by atoms with Crippen molar-refractivity contribution >= 4 is 34.7 Å². The van der Waals surface area contributed by atoms with Crippen LogP contribution in [0.3, 0.4) is 0 Å². The van der Waals surface area contributed by atoms with Crippen LogP contribution in [0.15, 0.2) is 79.0 Å². The van der Waals surface area contributed by atoms with Gasteiger partial charge in [0.1, 0.15) is 5.75 Å². The van der Waals surface area contributed by atoms with Crippen molar-refractivity contribution in [2.24, 2.45) is 0 Å². The van der Waals surface area contributed by atoms with E-state index in [-0.39, 0.29) is 23.4 Å². The molecule has 0 saturated carbocycles. The fourth-order valence-electron chi connectivity index (χ4n) is 2.94. The summed E-state index contributed by atoms with van der Waals surface area (Å²) in [5.41, 5.74) is 3.39. The lowest BCUT2D eigenvalue weighted by atomic mass is 10.1. The first-order valence-corrected chi connectivity index (χ1v) is 9.80. The summed E-state index contributed by atoms with van der Waals surface area (Å²) < 4.78 is 14.2. The lowest BCUT2D eigenvalue weighted by Crippen LogP contribution is -2.12. The molecule has 1 heterocycles. The summed E-state index contributed by atoms with van der Waals surface area (Å²) in [6.07, 6.45) is 1.06. The molecule has 1 aromatic heterocycles. The third-order valence-electron chi connectivity index (χ3n) is 4.67. The van der Waals surface area contributed by atoms with Crippen molar-refractivity contribution in [3.63, 3.8) is 0 Å². The first-order chi connectivity index (χ1) is 15.5. The molecule has 3 aromatic carbocycles. The summed E-state index contributed by atoms with van der Waals surface area (Å²) in [6, 6.07) is 20.5. The number of para-hydroxylation sites is 1. The van der Waals surface area contributed by atoms with Crippen LogP contribution < -0.4 is 16.0 Å². The van der Waals surface area contributed by atoms with Gasteiger partial charge in [0.2, 0.25) is 5.95 Å². The van der Waals surface area contributed by atoms with Gasteiger partial charge in [0.15, 0.2) is 11.6 Å². The minimum atomic E-state index is -0.623. The number of aromatic nitrogens is 2. The van der Waals surface area contributed by atoms with Gasteiger partial charge in [0.25, 0.3) is 5.91 Å². The zero-order chi connectivity index (χ0) is 22.5. The number of benzene rings is 3. The third-order valence-corrected chi connectivity index (χ3v) is 4.67. The highest BCUT2D eigenvalue weighted by Crippen LogP contribution is 2.22. The largest absolute Gasteiger partial charge is 0.508 e. The van der Waals surface area contributed by atoms with E-state index in [1.807, 2.05) is 31.2 Å². The molecule has 8 heteroatoms. The van der Waals surface area contributed by atoms with Crippen LogP contribution in [0, 0.1) is 12.7 Å². The molecule has 0 aliphatic carbocycles. The Balaban J connectivity index is 1.45. The third kappa shape index (κ3) is 4.99. The zero-order valence-electron chi connectivity index (χ0n) is 17.1. The maximum atomic E-state index is 14.2. The van der Waals surface area contributed by atoms with Gasteiger partial charge in [-0.2, -0.15) is 4.98 Å². The van der Waals surface area contributed by atoms with Gasteiger partial charge in [-0.3, -0.25) is 4.79 Å². The minimum Gasteiger partial charge on any atom is -0.508 e. The first kappa shape index (κ1) is 20.8. The summed E-state index contributed by atoms with van der Waals surface area (Å²) in [7, 11) is 0. The molecule has 32 heavy (non-hydrogen) atoms. The summed E-state index contributed by atoms with van der Waals surface area (Å²) in [4.78, 5) is 20.6. The van der Waals surface area contributed by atoms with Crippen LogP contribution in [0.1, 0.15) is 15.9 Å². The predicted molar refractivity (Wildman–Crippen MR) is 122 cm³/mol. The number of nitrogens with zero attached hydrogens (tertiary/aromatic N) is 2. The highest BCUT2D eigenvalue weighted by Gasteiger charge is 2.10. The number of phenolic OH excluding ortho intramolecular Hbond substituents is 1. The van der Waals surface area contributed by atoms with E-state index in [1.165, 1.54) is 12.1 Å². The van der Waals surface area contributed by atoms with E-state index in [0.717, 1.165) is 17.4 Å². The number of carbonyl (C=O) groups is 1. The molecule has 0 unspecified atom stereocenters. The molecule has 4 rings (SSSR count). The van der Waals surface area contributed by atoms with Crippen LogP contribution in [-0.2, 0) is 0 Å². The monoisotopic (exact) mass is 429 g/mol. The molecule has 0 bridgehead atoms. The standard InChI is InChI=1S/C24H20FN5O2/c1-15-4-2-3-5-21(15)29-23(32)16-6-8-17(9-7-16)27-22-20(25)14-26-24(30-22)28-18-10-12-19(31)13-11-18/h2-14,31H,1H3,(H,29,32)(H2,26,27,28,30). The number of carbonyl (C=O) groups excluding carboxylic acids is 1. The topological polar surface area (TPSA) is 99.2 Å². The normalized spacial score (nSPS) is 10.4. The molecular formula is C24H20FN5O2. The van der Waals surface area contributed by atoms with E-state index < -0.39 is 5.82 Å². The number of aromatic hydroxyl groups is 1. The Hall–Kier alpha value is -4.46. The number of halogens is 1. The van der Waals surface area contributed by atoms with Crippen molar-refractivity contribution < 1.29 is 14.3 Å². The molecule has 160 valence electrons. The summed E-state index contributed by atoms with van der Waals surface area (Å²) in [5, 5.41) is 18.1. The summed E-state index contributed by atoms with van der Waals surface area (Å²) >= 11 is 0. The molecule has 0 spiro atoms. The molecule has 0 atom stereocenters. The second kappa shape index (κ2) is 9.13. The molecule has 0 aliphatic rings. The smallest absolute Gasteiger partial charge is 0.255 e.